The third kappa shape index (κ3) is 5.04. The van der Waals surface area contributed by atoms with Crippen LogP contribution in [0.5, 0.6) is 11.5 Å². The van der Waals surface area contributed by atoms with Gasteiger partial charge in [0.05, 0.1) is 5.25 Å². The monoisotopic (exact) mass is 364 g/mol. The molecule has 0 aromatic heterocycles. The van der Waals surface area contributed by atoms with Crippen LogP contribution in [-0.2, 0) is 4.79 Å². The van der Waals surface area contributed by atoms with Gasteiger partial charge in [0.15, 0.2) is 0 Å². The van der Waals surface area contributed by atoms with Crippen molar-refractivity contribution in [1.82, 2.24) is 0 Å². The van der Waals surface area contributed by atoms with Gasteiger partial charge in [0.2, 0.25) is 5.91 Å². The first-order valence-electron chi connectivity index (χ1n) is 8.26. The summed E-state index contributed by atoms with van der Waals surface area (Å²) in [5.41, 5.74) is 7.20. The van der Waals surface area contributed by atoms with E-state index in [4.69, 9.17) is 10.5 Å². The molecule has 3 aromatic carbocycles. The number of nitrogen functional groups attached to an aromatic ring is 1. The minimum absolute atomic E-state index is 0.0610. The number of nitrogens with one attached hydrogen (secondary N) is 1. The highest BCUT2D eigenvalue weighted by atomic mass is 32.2. The summed E-state index contributed by atoms with van der Waals surface area (Å²) < 4.78 is 5.75. The molecular weight excluding hydrogens is 344 g/mol. The highest BCUT2D eigenvalue weighted by Crippen LogP contribution is 2.26. The molecule has 26 heavy (non-hydrogen) atoms. The van der Waals surface area contributed by atoms with E-state index in [1.54, 1.807) is 0 Å². The summed E-state index contributed by atoms with van der Waals surface area (Å²) in [5.74, 6) is 1.43. The van der Waals surface area contributed by atoms with E-state index in [9.17, 15) is 4.79 Å². The van der Waals surface area contributed by atoms with E-state index in [-0.39, 0.29) is 11.2 Å². The fourth-order valence-electron chi connectivity index (χ4n) is 2.32. The van der Waals surface area contributed by atoms with Crippen LogP contribution in [0.25, 0.3) is 0 Å². The zero-order valence-corrected chi connectivity index (χ0v) is 15.2. The van der Waals surface area contributed by atoms with Crippen molar-refractivity contribution >= 4 is 29.0 Å². The fraction of sp³-hybridized carbons (Fsp3) is 0.0952. The largest absolute Gasteiger partial charge is 0.457 e. The van der Waals surface area contributed by atoms with E-state index in [0.29, 0.717) is 5.69 Å². The number of thioether (sulfide) groups is 1. The highest BCUT2D eigenvalue weighted by Gasteiger charge is 2.14. The van der Waals surface area contributed by atoms with Crippen molar-refractivity contribution < 1.29 is 9.53 Å². The number of rotatable bonds is 6. The van der Waals surface area contributed by atoms with Crippen LogP contribution in [0.3, 0.4) is 0 Å². The minimum atomic E-state index is -0.239. The number of carbonyl (C=O) groups is 1. The first-order chi connectivity index (χ1) is 12.6. The first-order valence-corrected chi connectivity index (χ1v) is 9.14. The van der Waals surface area contributed by atoms with Crippen LogP contribution >= 0.6 is 11.8 Å². The lowest BCUT2D eigenvalue weighted by Gasteiger charge is -2.13. The smallest absolute Gasteiger partial charge is 0.237 e. The molecule has 3 rings (SSSR count). The maximum absolute atomic E-state index is 12.4. The molecule has 0 heterocycles. The number of anilines is 2. The predicted octanol–water partition coefficient (Wildman–Crippen LogP) is 5.18. The van der Waals surface area contributed by atoms with Crippen molar-refractivity contribution in [2.45, 2.75) is 17.1 Å². The summed E-state index contributed by atoms with van der Waals surface area (Å²) in [6, 6.07) is 24.4. The average Bonchev–Trinajstić information content (AvgIpc) is 2.64. The van der Waals surface area contributed by atoms with Gasteiger partial charge in [-0.2, -0.15) is 0 Å². The molecule has 4 nitrogen and oxygen atoms in total. The molecule has 1 amide bonds. The van der Waals surface area contributed by atoms with E-state index < -0.39 is 0 Å². The Morgan fingerprint density at radius 2 is 1.65 bits per heavy atom. The van der Waals surface area contributed by atoms with Crippen LogP contribution in [0.15, 0.2) is 83.8 Å². The maximum atomic E-state index is 12.4. The van der Waals surface area contributed by atoms with Crippen molar-refractivity contribution in [1.29, 1.82) is 0 Å². The maximum Gasteiger partial charge on any atom is 0.237 e. The number of benzene rings is 3. The summed E-state index contributed by atoms with van der Waals surface area (Å²) in [4.78, 5) is 13.4. The number of amides is 1. The van der Waals surface area contributed by atoms with Gasteiger partial charge >= 0.3 is 0 Å². The minimum Gasteiger partial charge on any atom is -0.457 e. The number of hydrogen-bond acceptors (Lipinski definition) is 4. The Balaban J connectivity index is 1.57. The Bertz CT molecular complexity index is 867. The Morgan fingerprint density at radius 3 is 2.35 bits per heavy atom. The Kier molecular flexibility index (Phi) is 5.81. The van der Waals surface area contributed by atoms with E-state index in [1.165, 1.54) is 11.8 Å². The quantitative estimate of drug-likeness (QED) is 0.467. The van der Waals surface area contributed by atoms with Crippen LogP contribution < -0.4 is 15.8 Å². The van der Waals surface area contributed by atoms with Crippen LogP contribution in [-0.4, -0.2) is 11.2 Å². The molecule has 0 aliphatic carbocycles. The third-order valence-corrected chi connectivity index (χ3v) is 4.73. The van der Waals surface area contributed by atoms with Gasteiger partial charge in [-0.3, -0.25) is 4.79 Å². The molecule has 132 valence electrons. The van der Waals surface area contributed by atoms with Gasteiger partial charge in [0, 0.05) is 16.3 Å². The van der Waals surface area contributed by atoms with Crippen molar-refractivity contribution in [3.05, 3.63) is 78.9 Å². The second-order valence-corrected chi connectivity index (χ2v) is 7.18. The van der Waals surface area contributed by atoms with E-state index in [2.05, 4.69) is 5.32 Å². The van der Waals surface area contributed by atoms with Gasteiger partial charge in [0.25, 0.3) is 0 Å². The van der Waals surface area contributed by atoms with Crippen LogP contribution in [0.4, 0.5) is 11.4 Å². The van der Waals surface area contributed by atoms with Crippen molar-refractivity contribution in [2.75, 3.05) is 11.1 Å². The topological polar surface area (TPSA) is 64.4 Å². The molecule has 0 saturated heterocycles. The lowest BCUT2D eigenvalue weighted by molar-refractivity contribution is -0.115. The van der Waals surface area contributed by atoms with Gasteiger partial charge in [-0.1, -0.05) is 24.3 Å². The normalized spacial score (nSPS) is 11.6. The van der Waals surface area contributed by atoms with E-state index in [0.717, 1.165) is 22.1 Å². The molecule has 3 aromatic rings. The SMILES string of the molecule is CC(Sc1cccc(N)c1)C(=O)Nc1ccc(Oc2ccccc2)cc1. The summed E-state index contributed by atoms with van der Waals surface area (Å²) in [7, 11) is 0. The number of carbonyl (C=O) groups excluding carboxylic acids is 1. The number of para-hydroxylation sites is 1. The predicted molar refractivity (Wildman–Crippen MR) is 108 cm³/mol. The van der Waals surface area contributed by atoms with E-state index in [1.807, 2.05) is 85.8 Å². The summed E-state index contributed by atoms with van der Waals surface area (Å²) >= 11 is 1.47. The van der Waals surface area contributed by atoms with E-state index >= 15 is 0 Å². The summed E-state index contributed by atoms with van der Waals surface area (Å²) in [5, 5.41) is 2.68. The molecule has 0 aliphatic heterocycles. The first kappa shape index (κ1) is 17.9. The number of nitrogens with two attached hydrogens (primary N) is 1. The number of ether oxygens (including phenoxy) is 1. The summed E-state index contributed by atoms with van der Waals surface area (Å²) in [6.07, 6.45) is 0. The van der Waals surface area contributed by atoms with Crippen molar-refractivity contribution in [3.63, 3.8) is 0 Å². The molecule has 3 N–H and O–H groups in total. The Morgan fingerprint density at radius 1 is 0.962 bits per heavy atom. The standard InChI is InChI=1S/C21H20N2O2S/c1-15(26-20-9-5-6-16(22)14-20)21(24)23-17-10-12-19(13-11-17)25-18-7-3-2-4-8-18/h2-15H,22H2,1H3,(H,23,24). The van der Waals surface area contributed by atoms with Crippen LogP contribution in [0.2, 0.25) is 0 Å². The van der Waals surface area contributed by atoms with Gasteiger partial charge < -0.3 is 15.8 Å². The molecule has 0 spiro atoms. The fourth-order valence-corrected chi connectivity index (χ4v) is 3.26. The lowest BCUT2D eigenvalue weighted by atomic mass is 10.3. The van der Waals surface area contributed by atoms with Crippen molar-refractivity contribution in [2.24, 2.45) is 0 Å². The molecule has 1 unspecified atom stereocenters. The lowest BCUT2D eigenvalue weighted by Crippen LogP contribution is -2.22. The Labute approximate surface area is 157 Å². The van der Waals surface area contributed by atoms with Crippen LogP contribution in [0.1, 0.15) is 6.92 Å². The van der Waals surface area contributed by atoms with Crippen molar-refractivity contribution in [3.8, 4) is 11.5 Å². The zero-order valence-electron chi connectivity index (χ0n) is 14.4. The average molecular weight is 364 g/mol. The van der Waals surface area contributed by atoms with Crippen LogP contribution in [0, 0.1) is 0 Å². The zero-order chi connectivity index (χ0) is 18.4. The van der Waals surface area contributed by atoms with Gasteiger partial charge in [-0.25, -0.2) is 0 Å². The molecule has 0 fully saturated rings. The third-order valence-electron chi connectivity index (χ3n) is 3.64. The van der Waals surface area contributed by atoms with Gasteiger partial charge in [-0.05, 0) is 61.5 Å². The van der Waals surface area contributed by atoms with Gasteiger partial charge in [-0.15, -0.1) is 11.8 Å². The second kappa shape index (κ2) is 8.45. The molecule has 0 bridgehead atoms. The number of hydrogen-bond donors (Lipinski definition) is 2. The molecule has 0 saturated carbocycles. The molecule has 5 heteroatoms. The molecule has 1 atom stereocenters. The molecular formula is C21H20N2O2S. The van der Waals surface area contributed by atoms with Gasteiger partial charge in [0.1, 0.15) is 11.5 Å². The molecule has 0 aliphatic rings. The molecule has 0 radical (unpaired) electrons. The second-order valence-electron chi connectivity index (χ2n) is 5.76. The highest BCUT2D eigenvalue weighted by molar-refractivity contribution is 8.00. The summed E-state index contributed by atoms with van der Waals surface area (Å²) in [6.45, 7) is 1.87. The Hall–Kier alpha value is -2.92.